The summed E-state index contributed by atoms with van der Waals surface area (Å²) in [5.41, 5.74) is 0. The van der Waals surface area contributed by atoms with Crippen LogP contribution < -0.4 is 10.6 Å². The van der Waals surface area contributed by atoms with Crippen LogP contribution in [0.5, 0.6) is 0 Å². The molecule has 2 aliphatic heterocycles. The van der Waals surface area contributed by atoms with Crippen LogP contribution in [-0.2, 0) is 9.47 Å². The summed E-state index contributed by atoms with van der Waals surface area (Å²) < 4.78 is 10.6. The van der Waals surface area contributed by atoms with Gasteiger partial charge in [0, 0.05) is 13.2 Å². The van der Waals surface area contributed by atoms with Crippen molar-refractivity contribution < 1.29 is 14.3 Å². The summed E-state index contributed by atoms with van der Waals surface area (Å²) >= 11 is 0. The molecule has 0 radical (unpaired) electrons. The van der Waals surface area contributed by atoms with Crippen LogP contribution in [0.25, 0.3) is 0 Å². The molecule has 2 N–H and O–H groups in total. The first-order valence-corrected chi connectivity index (χ1v) is 6.01. The Morgan fingerprint density at radius 2 is 2.38 bits per heavy atom. The van der Waals surface area contributed by atoms with Crippen molar-refractivity contribution in [2.75, 3.05) is 26.3 Å². The Balaban J connectivity index is 1.72. The van der Waals surface area contributed by atoms with Crippen LogP contribution in [0, 0.1) is 5.92 Å². The summed E-state index contributed by atoms with van der Waals surface area (Å²) in [6, 6.07) is 0.124. The van der Waals surface area contributed by atoms with Gasteiger partial charge in [-0.1, -0.05) is 6.92 Å². The quantitative estimate of drug-likeness (QED) is 0.722. The van der Waals surface area contributed by atoms with Crippen LogP contribution in [0.1, 0.15) is 19.8 Å². The van der Waals surface area contributed by atoms with Gasteiger partial charge in [0.05, 0.1) is 12.6 Å². The lowest BCUT2D eigenvalue weighted by atomic mass is 9.97. The first kappa shape index (κ1) is 11.7. The maximum atomic E-state index is 11.6. The number of amides is 1. The molecule has 16 heavy (non-hydrogen) atoms. The number of carbonyl (C=O) groups excluding carboxylic acids is 1. The van der Waals surface area contributed by atoms with Gasteiger partial charge >= 0.3 is 6.09 Å². The van der Waals surface area contributed by atoms with Crippen molar-refractivity contribution in [2.45, 2.75) is 31.9 Å². The van der Waals surface area contributed by atoms with Gasteiger partial charge in [0.1, 0.15) is 6.10 Å². The molecule has 2 aliphatic rings. The minimum atomic E-state index is -0.309. The molecule has 1 amide bonds. The third-order valence-electron chi connectivity index (χ3n) is 3.27. The monoisotopic (exact) mass is 228 g/mol. The van der Waals surface area contributed by atoms with Crippen LogP contribution in [0.2, 0.25) is 0 Å². The lowest BCUT2D eigenvalue weighted by molar-refractivity contribution is 0.0495. The number of carbonyl (C=O) groups is 1. The van der Waals surface area contributed by atoms with E-state index in [0.29, 0.717) is 12.5 Å². The van der Waals surface area contributed by atoms with Crippen molar-refractivity contribution in [1.29, 1.82) is 0 Å². The Hall–Kier alpha value is -0.810. The van der Waals surface area contributed by atoms with E-state index >= 15 is 0 Å². The molecule has 3 atom stereocenters. The third kappa shape index (κ3) is 3.09. The van der Waals surface area contributed by atoms with Crippen molar-refractivity contribution >= 4 is 6.09 Å². The number of rotatable bonds is 2. The highest BCUT2D eigenvalue weighted by atomic mass is 16.6. The minimum Gasteiger partial charge on any atom is -0.445 e. The molecule has 2 saturated heterocycles. The predicted octanol–water partition coefficient (Wildman–Crippen LogP) is 0.500. The highest BCUT2D eigenvalue weighted by molar-refractivity contribution is 5.67. The zero-order valence-corrected chi connectivity index (χ0v) is 9.70. The predicted molar refractivity (Wildman–Crippen MR) is 59.3 cm³/mol. The molecule has 0 spiro atoms. The van der Waals surface area contributed by atoms with E-state index in [1.807, 2.05) is 0 Å². The molecule has 92 valence electrons. The summed E-state index contributed by atoms with van der Waals surface area (Å²) in [7, 11) is 0. The summed E-state index contributed by atoms with van der Waals surface area (Å²) in [6.07, 6.45) is 1.63. The van der Waals surface area contributed by atoms with Crippen LogP contribution in [0.3, 0.4) is 0 Å². The molecule has 3 unspecified atom stereocenters. The second kappa shape index (κ2) is 5.50. The van der Waals surface area contributed by atoms with Gasteiger partial charge in [-0.25, -0.2) is 4.79 Å². The Morgan fingerprint density at radius 1 is 1.50 bits per heavy atom. The topological polar surface area (TPSA) is 59.6 Å². The summed E-state index contributed by atoms with van der Waals surface area (Å²) in [6.45, 7) is 5.23. The summed E-state index contributed by atoms with van der Waals surface area (Å²) in [5, 5.41) is 6.07. The maximum absolute atomic E-state index is 11.6. The van der Waals surface area contributed by atoms with Crippen molar-refractivity contribution in [2.24, 2.45) is 5.92 Å². The lowest BCUT2D eigenvalue weighted by Crippen LogP contribution is -2.45. The fraction of sp³-hybridized carbons (Fsp3) is 0.909. The van der Waals surface area contributed by atoms with E-state index in [1.54, 1.807) is 0 Å². The zero-order chi connectivity index (χ0) is 11.4. The van der Waals surface area contributed by atoms with E-state index in [9.17, 15) is 4.79 Å². The number of ether oxygens (including phenoxy) is 2. The fourth-order valence-electron chi connectivity index (χ4n) is 2.11. The van der Waals surface area contributed by atoms with Gasteiger partial charge in [0.15, 0.2) is 0 Å². The average molecular weight is 228 g/mol. The van der Waals surface area contributed by atoms with Gasteiger partial charge in [-0.3, -0.25) is 0 Å². The smallest absolute Gasteiger partial charge is 0.407 e. The Kier molecular flexibility index (Phi) is 4.01. The largest absolute Gasteiger partial charge is 0.445 e. The number of piperidine rings is 1. The zero-order valence-electron chi connectivity index (χ0n) is 9.70. The van der Waals surface area contributed by atoms with Crippen LogP contribution in [0.4, 0.5) is 4.79 Å². The third-order valence-corrected chi connectivity index (χ3v) is 3.27. The van der Waals surface area contributed by atoms with Crippen LogP contribution in [0.15, 0.2) is 0 Å². The van der Waals surface area contributed by atoms with E-state index < -0.39 is 0 Å². The second-order valence-corrected chi connectivity index (χ2v) is 4.62. The van der Waals surface area contributed by atoms with E-state index in [-0.39, 0.29) is 18.2 Å². The molecule has 5 heteroatoms. The van der Waals surface area contributed by atoms with Gasteiger partial charge in [0.2, 0.25) is 0 Å². The summed E-state index contributed by atoms with van der Waals surface area (Å²) in [5.74, 6) is 0.437. The lowest BCUT2D eigenvalue weighted by Gasteiger charge is -2.29. The van der Waals surface area contributed by atoms with Gasteiger partial charge in [-0.15, -0.1) is 0 Å². The van der Waals surface area contributed by atoms with Gasteiger partial charge in [0.25, 0.3) is 0 Å². The van der Waals surface area contributed by atoms with Crippen molar-refractivity contribution in [3.8, 4) is 0 Å². The minimum absolute atomic E-state index is 0.00364. The van der Waals surface area contributed by atoms with E-state index in [1.165, 1.54) is 0 Å². The fourth-order valence-corrected chi connectivity index (χ4v) is 2.11. The van der Waals surface area contributed by atoms with Gasteiger partial charge in [-0.05, 0) is 25.3 Å². The van der Waals surface area contributed by atoms with Crippen molar-refractivity contribution in [3.05, 3.63) is 0 Å². The number of nitrogens with one attached hydrogen (secondary N) is 2. The Morgan fingerprint density at radius 3 is 3.06 bits per heavy atom. The molecular weight excluding hydrogens is 208 g/mol. The van der Waals surface area contributed by atoms with E-state index in [0.717, 1.165) is 32.5 Å². The molecule has 2 rings (SSSR count). The van der Waals surface area contributed by atoms with Crippen LogP contribution in [-0.4, -0.2) is 44.5 Å². The highest BCUT2D eigenvalue weighted by Gasteiger charge is 2.26. The molecule has 0 aromatic carbocycles. The molecule has 2 heterocycles. The molecule has 5 nitrogen and oxygen atoms in total. The highest BCUT2D eigenvalue weighted by Crippen LogP contribution is 2.15. The Bertz CT molecular complexity index is 241. The second-order valence-electron chi connectivity index (χ2n) is 4.62. The first-order chi connectivity index (χ1) is 7.75. The van der Waals surface area contributed by atoms with Crippen LogP contribution >= 0.6 is 0 Å². The molecule has 0 saturated carbocycles. The average Bonchev–Trinajstić information content (AvgIpc) is 2.74. The number of alkyl carbamates (subject to hydrolysis) is 1. The number of hydrogen-bond acceptors (Lipinski definition) is 4. The molecule has 0 bridgehead atoms. The van der Waals surface area contributed by atoms with Gasteiger partial charge < -0.3 is 20.1 Å². The summed E-state index contributed by atoms with van der Waals surface area (Å²) in [4.78, 5) is 11.6. The Labute approximate surface area is 95.9 Å². The number of hydrogen-bond donors (Lipinski definition) is 2. The molecule has 0 aromatic heterocycles. The normalized spacial score (nSPS) is 34.7. The molecule has 2 fully saturated rings. The molecular formula is C11H20N2O3. The molecule has 0 aliphatic carbocycles. The first-order valence-electron chi connectivity index (χ1n) is 6.01. The van der Waals surface area contributed by atoms with Crippen molar-refractivity contribution in [1.82, 2.24) is 10.6 Å². The standard InChI is InChI=1S/C11H20N2O3/c1-8-2-4-12-6-10(8)16-11(14)13-9-3-5-15-7-9/h8-10,12H,2-7H2,1H3,(H,13,14). The van der Waals surface area contributed by atoms with E-state index in [4.69, 9.17) is 9.47 Å². The SMILES string of the molecule is CC1CCNCC1OC(=O)NC1CCOC1. The maximum Gasteiger partial charge on any atom is 0.407 e. The van der Waals surface area contributed by atoms with E-state index in [2.05, 4.69) is 17.6 Å². The van der Waals surface area contributed by atoms with Crippen molar-refractivity contribution in [3.63, 3.8) is 0 Å². The molecule has 0 aromatic rings. The van der Waals surface area contributed by atoms with Gasteiger partial charge in [-0.2, -0.15) is 0 Å².